The SMILES string of the molecule is N#Cc1csc(CCCN)c1. The Morgan fingerprint density at radius 3 is 3.00 bits per heavy atom. The Kier molecular flexibility index (Phi) is 3.09. The highest BCUT2D eigenvalue weighted by Gasteiger charge is 1.97. The number of hydrogen-bond donors (Lipinski definition) is 1. The van der Waals surface area contributed by atoms with Crippen LogP contribution < -0.4 is 5.73 Å². The van der Waals surface area contributed by atoms with E-state index in [2.05, 4.69) is 6.07 Å². The van der Waals surface area contributed by atoms with Crippen LogP contribution in [0.1, 0.15) is 16.9 Å². The molecule has 0 atom stereocenters. The highest BCUT2D eigenvalue weighted by molar-refractivity contribution is 7.10. The van der Waals surface area contributed by atoms with Gasteiger partial charge in [0.05, 0.1) is 11.6 Å². The van der Waals surface area contributed by atoms with Crippen LogP contribution in [0.15, 0.2) is 11.4 Å². The number of aryl methyl sites for hydroxylation is 1. The van der Waals surface area contributed by atoms with Crippen molar-refractivity contribution >= 4 is 11.3 Å². The molecule has 0 aliphatic carbocycles. The molecular weight excluding hydrogens is 156 g/mol. The fourth-order valence-electron chi connectivity index (χ4n) is 0.847. The van der Waals surface area contributed by atoms with Gasteiger partial charge in [-0.25, -0.2) is 0 Å². The van der Waals surface area contributed by atoms with Crippen molar-refractivity contribution in [2.24, 2.45) is 5.73 Å². The number of rotatable bonds is 3. The van der Waals surface area contributed by atoms with Crippen LogP contribution >= 0.6 is 11.3 Å². The molecule has 0 saturated carbocycles. The topological polar surface area (TPSA) is 49.8 Å². The van der Waals surface area contributed by atoms with E-state index in [0.717, 1.165) is 24.9 Å². The largest absolute Gasteiger partial charge is 0.330 e. The molecule has 1 rings (SSSR count). The summed E-state index contributed by atoms with van der Waals surface area (Å²) in [5, 5.41) is 10.4. The van der Waals surface area contributed by atoms with Crippen LogP contribution in [-0.4, -0.2) is 6.54 Å². The van der Waals surface area contributed by atoms with Gasteiger partial charge in [-0.15, -0.1) is 11.3 Å². The van der Waals surface area contributed by atoms with E-state index in [4.69, 9.17) is 11.0 Å². The molecule has 1 heterocycles. The first kappa shape index (κ1) is 8.25. The Labute approximate surface area is 70.3 Å². The predicted molar refractivity (Wildman–Crippen MR) is 46.4 cm³/mol. The zero-order valence-electron chi connectivity index (χ0n) is 6.21. The Bertz CT molecular complexity index is 259. The third-order valence-corrected chi connectivity index (χ3v) is 2.41. The average molecular weight is 166 g/mol. The van der Waals surface area contributed by atoms with Crippen molar-refractivity contribution in [2.75, 3.05) is 6.54 Å². The van der Waals surface area contributed by atoms with E-state index in [0.29, 0.717) is 0 Å². The molecule has 0 bridgehead atoms. The number of thiophene rings is 1. The zero-order valence-corrected chi connectivity index (χ0v) is 7.03. The molecule has 1 aromatic rings. The summed E-state index contributed by atoms with van der Waals surface area (Å²) in [5.41, 5.74) is 6.12. The Morgan fingerprint density at radius 1 is 1.64 bits per heavy atom. The maximum absolute atomic E-state index is 8.51. The van der Waals surface area contributed by atoms with Crippen molar-refractivity contribution in [2.45, 2.75) is 12.8 Å². The van der Waals surface area contributed by atoms with Gasteiger partial charge < -0.3 is 5.73 Å². The summed E-state index contributed by atoms with van der Waals surface area (Å²) in [5.74, 6) is 0. The van der Waals surface area contributed by atoms with Crippen LogP contribution in [0.25, 0.3) is 0 Å². The second-order valence-electron chi connectivity index (χ2n) is 2.31. The summed E-state index contributed by atoms with van der Waals surface area (Å²) in [4.78, 5) is 1.26. The van der Waals surface area contributed by atoms with Gasteiger partial charge in [0.15, 0.2) is 0 Å². The lowest BCUT2D eigenvalue weighted by Crippen LogP contribution is -1.99. The minimum Gasteiger partial charge on any atom is -0.330 e. The molecule has 2 N–H and O–H groups in total. The van der Waals surface area contributed by atoms with Crippen LogP contribution in [0.4, 0.5) is 0 Å². The monoisotopic (exact) mass is 166 g/mol. The van der Waals surface area contributed by atoms with Crippen molar-refractivity contribution < 1.29 is 0 Å². The van der Waals surface area contributed by atoms with E-state index in [1.165, 1.54) is 4.88 Å². The van der Waals surface area contributed by atoms with E-state index < -0.39 is 0 Å². The molecule has 0 aromatic carbocycles. The molecule has 0 spiro atoms. The molecule has 2 nitrogen and oxygen atoms in total. The van der Waals surface area contributed by atoms with Crippen LogP contribution in [0.3, 0.4) is 0 Å². The zero-order chi connectivity index (χ0) is 8.10. The summed E-state index contributed by atoms with van der Waals surface area (Å²) < 4.78 is 0. The van der Waals surface area contributed by atoms with Crippen molar-refractivity contribution in [3.63, 3.8) is 0 Å². The lowest BCUT2D eigenvalue weighted by molar-refractivity contribution is 0.843. The predicted octanol–water partition coefficient (Wildman–Crippen LogP) is 1.51. The maximum Gasteiger partial charge on any atom is 0.1000 e. The normalized spacial score (nSPS) is 9.45. The van der Waals surface area contributed by atoms with Gasteiger partial charge in [-0.3, -0.25) is 0 Å². The lowest BCUT2D eigenvalue weighted by atomic mass is 10.2. The van der Waals surface area contributed by atoms with Gasteiger partial charge in [-0.05, 0) is 25.5 Å². The first-order valence-electron chi connectivity index (χ1n) is 3.54. The van der Waals surface area contributed by atoms with E-state index in [9.17, 15) is 0 Å². The average Bonchev–Trinajstić information content (AvgIpc) is 2.48. The van der Waals surface area contributed by atoms with Crippen LogP contribution in [0, 0.1) is 11.3 Å². The molecule has 58 valence electrons. The van der Waals surface area contributed by atoms with Gasteiger partial charge in [-0.2, -0.15) is 5.26 Å². The van der Waals surface area contributed by atoms with Gasteiger partial charge in [0.1, 0.15) is 0 Å². The van der Waals surface area contributed by atoms with E-state index >= 15 is 0 Å². The van der Waals surface area contributed by atoms with Crippen LogP contribution in [-0.2, 0) is 6.42 Å². The highest BCUT2D eigenvalue weighted by atomic mass is 32.1. The number of hydrogen-bond acceptors (Lipinski definition) is 3. The molecule has 1 aromatic heterocycles. The smallest absolute Gasteiger partial charge is 0.1000 e. The maximum atomic E-state index is 8.51. The van der Waals surface area contributed by atoms with Gasteiger partial charge in [0.25, 0.3) is 0 Å². The summed E-state index contributed by atoms with van der Waals surface area (Å²) in [6.45, 7) is 0.722. The molecule has 0 unspecified atom stereocenters. The fraction of sp³-hybridized carbons (Fsp3) is 0.375. The van der Waals surface area contributed by atoms with Crippen molar-refractivity contribution in [1.29, 1.82) is 5.26 Å². The van der Waals surface area contributed by atoms with Crippen LogP contribution in [0.2, 0.25) is 0 Å². The van der Waals surface area contributed by atoms with Gasteiger partial charge >= 0.3 is 0 Å². The minimum absolute atomic E-state index is 0.722. The molecule has 0 radical (unpaired) electrons. The number of nitrogens with zero attached hydrogens (tertiary/aromatic N) is 1. The lowest BCUT2D eigenvalue weighted by Gasteiger charge is -1.90. The summed E-state index contributed by atoms with van der Waals surface area (Å²) in [6.07, 6.45) is 2.01. The molecule has 0 aliphatic rings. The highest BCUT2D eigenvalue weighted by Crippen LogP contribution is 2.14. The molecular formula is C8H10N2S. The van der Waals surface area contributed by atoms with Gasteiger partial charge in [-0.1, -0.05) is 0 Å². The van der Waals surface area contributed by atoms with E-state index in [-0.39, 0.29) is 0 Å². The molecule has 0 fully saturated rings. The van der Waals surface area contributed by atoms with E-state index in [1.54, 1.807) is 11.3 Å². The van der Waals surface area contributed by atoms with Gasteiger partial charge in [0.2, 0.25) is 0 Å². The quantitative estimate of drug-likeness (QED) is 0.740. The Hall–Kier alpha value is -0.850. The second-order valence-corrected chi connectivity index (χ2v) is 3.30. The molecule has 0 amide bonds. The Morgan fingerprint density at radius 2 is 2.45 bits per heavy atom. The number of nitriles is 1. The standard InChI is InChI=1S/C8H10N2S/c9-3-1-2-8-4-7(5-10)6-11-8/h4,6H,1-3,9H2. The van der Waals surface area contributed by atoms with Crippen molar-refractivity contribution in [3.05, 3.63) is 21.9 Å². The van der Waals surface area contributed by atoms with Crippen LogP contribution in [0.5, 0.6) is 0 Å². The first-order chi connectivity index (χ1) is 5.36. The van der Waals surface area contributed by atoms with Crippen molar-refractivity contribution in [1.82, 2.24) is 0 Å². The summed E-state index contributed by atoms with van der Waals surface area (Å²) in [6, 6.07) is 4.03. The number of nitrogens with two attached hydrogens (primary N) is 1. The summed E-state index contributed by atoms with van der Waals surface area (Å²) >= 11 is 1.64. The minimum atomic E-state index is 0.722. The second kappa shape index (κ2) is 4.12. The fourth-order valence-corrected chi connectivity index (χ4v) is 1.70. The van der Waals surface area contributed by atoms with E-state index in [1.807, 2.05) is 11.4 Å². The third-order valence-electron chi connectivity index (χ3n) is 1.41. The molecule has 0 saturated heterocycles. The summed E-state index contributed by atoms with van der Waals surface area (Å²) in [7, 11) is 0. The van der Waals surface area contributed by atoms with Gasteiger partial charge in [0, 0.05) is 10.3 Å². The molecule has 11 heavy (non-hydrogen) atoms. The van der Waals surface area contributed by atoms with Crippen molar-refractivity contribution in [3.8, 4) is 6.07 Å². The third kappa shape index (κ3) is 2.34. The Balaban J connectivity index is 2.53. The first-order valence-corrected chi connectivity index (χ1v) is 4.42. The molecule has 3 heteroatoms. The molecule has 0 aliphatic heterocycles.